The molecule has 0 N–H and O–H groups in total. The molecule has 0 atom stereocenters. The van der Waals surface area contributed by atoms with Crippen LogP contribution in [0.3, 0.4) is 0 Å². The van der Waals surface area contributed by atoms with Gasteiger partial charge in [0.05, 0.1) is 6.42 Å². The van der Waals surface area contributed by atoms with Crippen LogP contribution in [-0.4, -0.2) is 30.8 Å². The van der Waals surface area contributed by atoms with E-state index in [1.807, 2.05) is 14.0 Å². The Balaban J connectivity index is 2.33. The van der Waals surface area contributed by atoms with Gasteiger partial charge in [0.15, 0.2) is 0 Å². The molecule has 1 saturated heterocycles. The molecule has 0 radical (unpaired) electrons. The van der Waals surface area contributed by atoms with Gasteiger partial charge in [-0.15, -0.1) is 4.65 Å². The Hall–Kier alpha value is -0.570. The van der Waals surface area contributed by atoms with E-state index in [4.69, 9.17) is 4.84 Å². The van der Waals surface area contributed by atoms with Crippen molar-refractivity contribution in [3.63, 3.8) is 0 Å². The Morgan fingerprint density at radius 3 is 2.50 bits per heavy atom. The zero-order chi connectivity index (χ0) is 9.03. The van der Waals surface area contributed by atoms with Gasteiger partial charge in [-0.25, -0.2) is 4.79 Å². The SMILES string of the molecule is CCCC(=O)O[N+]1(C)CCCC1. The molecule has 1 heterocycles. The fourth-order valence-electron chi connectivity index (χ4n) is 1.59. The molecule has 3 heteroatoms. The van der Waals surface area contributed by atoms with Gasteiger partial charge in [0.25, 0.3) is 0 Å². The molecule has 0 unspecified atom stereocenters. The van der Waals surface area contributed by atoms with Crippen LogP contribution in [0.2, 0.25) is 0 Å². The number of hydroxylamine groups is 3. The van der Waals surface area contributed by atoms with Crippen LogP contribution in [0, 0.1) is 0 Å². The summed E-state index contributed by atoms with van der Waals surface area (Å²) in [6.45, 7) is 3.95. The number of likely N-dealkylation sites (tertiary alicyclic amines) is 1. The largest absolute Gasteiger partial charge is 0.366 e. The molecule has 1 fully saturated rings. The van der Waals surface area contributed by atoms with Gasteiger partial charge in [-0.3, -0.25) is 4.84 Å². The van der Waals surface area contributed by atoms with Crippen LogP contribution in [-0.2, 0) is 9.63 Å². The van der Waals surface area contributed by atoms with Gasteiger partial charge in [-0.2, -0.15) is 0 Å². The number of rotatable bonds is 3. The molecule has 1 rings (SSSR count). The summed E-state index contributed by atoms with van der Waals surface area (Å²) in [5.41, 5.74) is 0. The molecule has 70 valence electrons. The van der Waals surface area contributed by atoms with E-state index in [0.717, 1.165) is 19.5 Å². The van der Waals surface area contributed by atoms with E-state index in [1.165, 1.54) is 12.8 Å². The second-order valence-electron chi connectivity index (χ2n) is 3.66. The predicted octanol–water partition coefficient (Wildman–Crippen LogP) is 1.49. The number of hydrogen-bond donors (Lipinski definition) is 0. The average molecular weight is 172 g/mol. The highest BCUT2D eigenvalue weighted by molar-refractivity contribution is 5.68. The van der Waals surface area contributed by atoms with Crippen LogP contribution in [0.15, 0.2) is 0 Å². The van der Waals surface area contributed by atoms with Crippen molar-refractivity contribution in [3.8, 4) is 0 Å². The maximum atomic E-state index is 11.2. The van der Waals surface area contributed by atoms with Gasteiger partial charge < -0.3 is 0 Å². The van der Waals surface area contributed by atoms with Crippen molar-refractivity contribution in [2.45, 2.75) is 32.6 Å². The van der Waals surface area contributed by atoms with E-state index in [-0.39, 0.29) is 5.97 Å². The normalized spacial score (nSPS) is 20.8. The van der Waals surface area contributed by atoms with E-state index in [0.29, 0.717) is 11.1 Å². The first-order valence-electron chi connectivity index (χ1n) is 4.73. The van der Waals surface area contributed by atoms with Gasteiger partial charge in [-0.1, -0.05) is 6.92 Å². The fourth-order valence-corrected chi connectivity index (χ4v) is 1.59. The Morgan fingerprint density at radius 2 is 2.00 bits per heavy atom. The lowest BCUT2D eigenvalue weighted by Crippen LogP contribution is -2.42. The predicted molar refractivity (Wildman–Crippen MR) is 46.2 cm³/mol. The fraction of sp³-hybridized carbons (Fsp3) is 0.889. The molecule has 1 aliphatic rings. The summed E-state index contributed by atoms with van der Waals surface area (Å²) in [5, 5.41) is 0. The number of carbonyl (C=O) groups excluding carboxylic acids is 1. The van der Waals surface area contributed by atoms with Crippen molar-refractivity contribution in [1.82, 2.24) is 0 Å². The standard InChI is InChI=1S/C9H18NO2/c1-3-6-9(11)12-10(2)7-4-5-8-10/h3-8H2,1-2H3/q+1. The minimum absolute atomic E-state index is 0.0538. The third kappa shape index (κ3) is 2.48. The smallest absolute Gasteiger partial charge is 0.277 e. The number of nitrogens with zero attached hydrogens (tertiary/aromatic N) is 1. The first kappa shape index (κ1) is 9.52. The average Bonchev–Trinajstić information content (AvgIpc) is 2.36. The molecular formula is C9H18NO2+. The molecule has 0 aromatic carbocycles. The van der Waals surface area contributed by atoms with Crippen molar-refractivity contribution in [1.29, 1.82) is 0 Å². The maximum Gasteiger partial charge on any atom is 0.366 e. The minimum Gasteiger partial charge on any atom is -0.277 e. The van der Waals surface area contributed by atoms with E-state index in [1.54, 1.807) is 0 Å². The zero-order valence-corrected chi connectivity index (χ0v) is 8.01. The van der Waals surface area contributed by atoms with Gasteiger partial charge in [0, 0.05) is 12.8 Å². The Labute approximate surface area is 73.9 Å². The summed E-state index contributed by atoms with van der Waals surface area (Å²) in [6, 6.07) is 0. The molecule has 0 aromatic rings. The first-order valence-corrected chi connectivity index (χ1v) is 4.73. The quantitative estimate of drug-likeness (QED) is 0.603. The van der Waals surface area contributed by atoms with Crippen LogP contribution in [0.5, 0.6) is 0 Å². The first-order chi connectivity index (χ1) is 5.66. The number of quaternary nitrogens is 1. The van der Waals surface area contributed by atoms with Crippen molar-refractivity contribution in [3.05, 3.63) is 0 Å². The Kier molecular flexibility index (Phi) is 3.09. The third-order valence-electron chi connectivity index (χ3n) is 2.29. The molecule has 0 saturated carbocycles. The van der Waals surface area contributed by atoms with Gasteiger partial charge >= 0.3 is 5.97 Å². The molecule has 0 aliphatic carbocycles. The Morgan fingerprint density at radius 1 is 1.42 bits per heavy atom. The van der Waals surface area contributed by atoms with Crippen molar-refractivity contribution in [2.75, 3.05) is 20.1 Å². The molecular weight excluding hydrogens is 154 g/mol. The number of carbonyl (C=O) groups is 1. The summed E-state index contributed by atoms with van der Waals surface area (Å²) in [6.07, 6.45) is 3.78. The maximum absolute atomic E-state index is 11.2. The minimum atomic E-state index is -0.0538. The summed E-state index contributed by atoms with van der Waals surface area (Å²) in [4.78, 5) is 16.5. The molecule has 0 amide bonds. The summed E-state index contributed by atoms with van der Waals surface area (Å²) < 4.78 is 0.499. The van der Waals surface area contributed by atoms with Crippen LogP contribution in [0.4, 0.5) is 0 Å². The highest BCUT2D eigenvalue weighted by atomic mass is 16.7. The monoisotopic (exact) mass is 172 g/mol. The summed E-state index contributed by atoms with van der Waals surface area (Å²) in [7, 11) is 1.99. The van der Waals surface area contributed by atoms with Gasteiger partial charge in [0.2, 0.25) is 0 Å². The Bertz CT molecular complexity index is 162. The van der Waals surface area contributed by atoms with Crippen molar-refractivity contribution < 1.29 is 14.3 Å². The zero-order valence-electron chi connectivity index (χ0n) is 8.01. The van der Waals surface area contributed by atoms with E-state index >= 15 is 0 Å². The van der Waals surface area contributed by atoms with Gasteiger partial charge in [0.1, 0.15) is 20.1 Å². The van der Waals surface area contributed by atoms with Crippen LogP contribution in [0.25, 0.3) is 0 Å². The number of hydrogen-bond acceptors (Lipinski definition) is 2. The molecule has 0 aromatic heterocycles. The second kappa shape index (κ2) is 3.90. The van der Waals surface area contributed by atoms with Crippen LogP contribution >= 0.6 is 0 Å². The molecule has 0 spiro atoms. The molecule has 1 aliphatic heterocycles. The lowest BCUT2D eigenvalue weighted by atomic mass is 10.3. The van der Waals surface area contributed by atoms with Crippen molar-refractivity contribution >= 4 is 5.97 Å². The summed E-state index contributed by atoms with van der Waals surface area (Å²) in [5.74, 6) is -0.0538. The summed E-state index contributed by atoms with van der Waals surface area (Å²) >= 11 is 0. The highest BCUT2D eigenvalue weighted by Gasteiger charge is 2.31. The molecule has 0 bridgehead atoms. The lowest BCUT2D eigenvalue weighted by Gasteiger charge is -2.24. The second-order valence-corrected chi connectivity index (χ2v) is 3.66. The highest BCUT2D eigenvalue weighted by Crippen LogP contribution is 2.17. The van der Waals surface area contributed by atoms with Crippen LogP contribution in [0.1, 0.15) is 32.6 Å². The topological polar surface area (TPSA) is 26.3 Å². The van der Waals surface area contributed by atoms with Crippen molar-refractivity contribution in [2.24, 2.45) is 0 Å². The van der Waals surface area contributed by atoms with E-state index in [2.05, 4.69) is 0 Å². The van der Waals surface area contributed by atoms with Gasteiger partial charge in [-0.05, 0) is 6.42 Å². The molecule has 12 heavy (non-hydrogen) atoms. The van der Waals surface area contributed by atoms with Crippen LogP contribution < -0.4 is 0 Å². The van der Waals surface area contributed by atoms with E-state index < -0.39 is 0 Å². The molecule has 3 nitrogen and oxygen atoms in total. The third-order valence-corrected chi connectivity index (χ3v) is 2.29. The lowest BCUT2D eigenvalue weighted by molar-refractivity contribution is -1.07. The van der Waals surface area contributed by atoms with E-state index in [9.17, 15) is 4.79 Å².